The van der Waals surface area contributed by atoms with Crippen molar-refractivity contribution >= 4 is 29.5 Å². The van der Waals surface area contributed by atoms with Crippen molar-refractivity contribution in [3.05, 3.63) is 65.7 Å². The highest BCUT2D eigenvalue weighted by Gasteiger charge is 2.04. The van der Waals surface area contributed by atoms with Gasteiger partial charge in [-0.1, -0.05) is 12.1 Å². The molecule has 0 saturated heterocycles. The molecule has 0 saturated carbocycles. The molecular formula is C19H18N2O5. The van der Waals surface area contributed by atoms with Crippen LogP contribution in [-0.2, 0) is 14.3 Å². The number of benzene rings is 2. The van der Waals surface area contributed by atoms with E-state index in [0.717, 1.165) is 5.56 Å². The van der Waals surface area contributed by atoms with Crippen LogP contribution in [0, 0.1) is 0 Å². The number of carbonyl (C=O) groups is 3. The fraction of sp³-hybridized carbons (Fsp3) is 0.105. The minimum atomic E-state index is -0.563. The highest BCUT2D eigenvalue weighted by Crippen LogP contribution is 2.15. The van der Waals surface area contributed by atoms with E-state index in [1.165, 1.54) is 13.2 Å². The summed E-state index contributed by atoms with van der Waals surface area (Å²) >= 11 is 0. The first-order valence-electron chi connectivity index (χ1n) is 7.66. The van der Waals surface area contributed by atoms with Crippen LogP contribution in [0.15, 0.2) is 54.6 Å². The second-order valence-electron chi connectivity index (χ2n) is 5.22. The number of hydrogen-bond acceptors (Lipinski definition) is 5. The van der Waals surface area contributed by atoms with E-state index in [2.05, 4.69) is 10.1 Å². The smallest absolute Gasteiger partial charge is 0.337 e. The molecule has 7 heteroatoms. The van der Waals surface area contributed by atoms with Crippen LogP contribution in [0.4, 0.5) is 5.69 Å². The number of ether oxygens (including phenoxy) is 2. The molecule has 0 heterocycles. The number of nitrogens with two attached hydrogens (primary N) is 1. The van der Waals surface area contributed by atoms with E-state index in [1.54, 1.807) is 54.6 Å². The normalized spacial score (nSPS) is 10.3. The zero-order valence-electron chi connectivity index (χ0n) is 14.1. The van der Waals surface area contributed by atoms with Gasteiger partial charge in [-0.2, -0.15) is 0 Å². The van der Waals surface area contributed by atoms with Gasteiger partial charge in [0.1, 0.15) is 5.75 Å². The first-order chi connectivity index (χ1) is 12.5. The molecule has 0 aliphatic rings. The monoisotopic (exact) mass is 354 g/mol. The van der Waals surface area contributed by atoms with E-state index in [1.807, 2.05) is 0 Å². The zero-order valence-corrected chi connectivity index (χ0v) is 14.1. The molecule has 0 aliphatic heterocycles. The maximum Gasteiger partial charge on any atom is 0.337 e. The number of amides is 2. The molecule has 0 unspecified atom stereocenters. The first-order valence-corrected chi connectivity index (χ1v) is 7.66. The number of hydrogen-bond donors (Lipinski definition) is 2. The molecule has 7 nitrogen and oxygen atoms in total. The Hall–Kier alpha value is -3.61. The fourth-order valence-electron chi connectivity index (χ4n) is 1.99. The van der Waals surface area contributed by atoms with Gasteiger partial charge in [0.15, 0.2) is 6.61 Å². The van der Waals surface area contributed by atoms with Crippen molar-refractivity contribution in [3.63, 3.8) is 0 Å². The zero-order chi connectivity index (χ0) is 18.9. The molecule has 134 valence electrons. The van der Waals surface area contributed by atoms with E-state index in [9.17, 15) is 14.4 Å². The standard InChI is InChI=1S/C19H18N2O5/c1-25-19(24)14-5-2-13(3-6-14)4-11-18(23)21-15-7-9-16(10-8-15)26-12-17(20)22/h2-11H,12H2,1H3,(H2,20,22)(H,21,23)/b11-4+. The van der Waals surface area contributed by atoms with Crippen LogP contribution in [0.1, 0.15) is 15.9 Å². The van der Waals surface area contributed by atoms with Gasteiger partial charge in [-0.25, -0.2) is 4.79 Å². The van der Waals surface area contributed by atoms with Gasteiger partial charge in [-0.15, -0.1) is 0 Å². The molecule has 3 N–H and O–H groups in total. The van der Waals surface area contributed by atoms with Crippen LogP contribution in [0.25, 0.3) is 6.08 Å². The SMILES string of the molecule is COC(=O)c1ccc(/C=C/C(=O)Nc2ccc(OCC(N)=O)cc2)cc1. The van der Waals surface area contributed by atoms with Gasteiger partial charge in [-0.05, 0) is 48.0 Å². The van der Waals surface area contributed by atoms with Crippen LogP contribution < -0.4 is 15.8 Å². The van der Waals surface area contributed by atoms with E-state index >= 15 is 0 Å². The molecule has 0 atom stereocenters. The van der Waals surface area contributed by atoms with Gasteiger partial charge in [0, 0.05) is 11.8 Å². The Labute approximate surface area is 150 Å². The summed E-state index contributed by atoms with van der Waals surface area (Å²) in [6.45, 7) is -0.205. The van der Waals surface area contributed by atoms with Gasteiger partial charge in [0.25, 0.3) is 5.91 Å². The molecule has 2 aromatic carbocycles. The Morgan fingerprint density at radius 3 is 2.27 bits per heavy atom. The topological polar surface area (TPSA) is 108 Å². The third-order valence-corrected chi connectivity index (χ3v) is 3.26. The summed E-state index contributed by atoms with van der Waals surface area (Å²) in [6, 6.07) is 13.2. The number of carbonyl (C=O) groups excluding carboxylic acids is 3. The molecule has 0 bridgehead atoms. The van der Waals surface area contributed by atoms with E-state index in [4.69, 9.17) is 10.5 Å². The maximum absolute atomic E-state index is 11.9. The summed E-state index contributed by atoms with van der Waals surface area (Å²) in [5.41, 5.74) is 6.78. The van der Waals surface area contributed by atoms with Crippen LogP contribution in [0.2, 0.25) is 0 Å². The minimum absolute atomic E-state index is 0.205. The lowest BCUT2D eigenvalue weighted by atomic mass is 10.1. The summed E-state index contributed by atoms with van der Waals surface area (Å²) in [5.74, 6) is -0.815. The van der Waals surface area contributed by atoms with Crippen molar-refractivity contribution in [2.45, 2.75) is 0 Å². The quantitative estimate of drug-likeness (QED) is 0.584. The second-order valence-corrected chi connectivity index (χ2v) is 5.22. The summed E-state index contributed by atoms with van der Waals surface area (Å²) in [4.78, 5) is 33.9. The predicted octanol–water partition coefficient (Wildman–Crippen LogP) is 1.99. The lowest BCUT2D eigenvalue weighted by Gasteiger charge is -2.06. The second kappa shape index (κ2) is 9.03. The van der Waals surface area contributed by atoms with Crippen molar-refractivity contribution in [2.24, 2.45) is 5.73 Å². The highest BCUT2D eigenvalue weighted by atomic mass is 16.5. The number of esters is 1. The Balaban J connectivity index is 1.90. The van der Waals surface area contributed by atoms with Crippen molar-refractivity contribution < 1.29 is 23.9 Å². The van der Waals surface area contributed by atoms with E-state index in [-0.39, 0.29) is 12.5 Å². The number of nitrogens with one attached hydrogen (secondary N) is 1. The molecular weight excluding hydrogens is 336 g/mol. The number of methoxy groups -OCH3 is 1. The van der Waals surface area contributed by atoms with Gasteiger partial charge < -0.3 is 20.5 Å². The number of anilines is 1. The average Bonchev–Trinajstić information content (AvgIpc) is 2.65. The van der Waals surface area contributed by atoms with Crippen LogP contribution in [0.5, 0.6) is 5.75 Å². The number of rotatable bonds is 7. The third kappa shape index (κ3) is 5.79. The lowest BCUT2D eigenvalue weighted by molar-refractivity contribution is -0.120. The number of primary amides is 1. The largest absolute Gasteiger partial charge is 0.484 e. The molecule has 2 rings (SSSR count). The Morgan fingerprint density at radius 1 is 1.04 bits per heavy atom. The molecule has 0 spiro atoms. The third-order valence-electron chi connectivity index (χ3n) is 3.26. The van der Waals surface area contributed by atoms with Crippen molar-refractivity contribution in [2.75, 3.05) is 19.0 Å². The van der Waals surface area contributed by atoms with Crippen LogP contribution >= 0.6 is 0 Å². The van der Waals surface area contributed by atoms with Gasteiger partial charge in [-0.3, -0.25) is 9.59 Å². The summed E-state index contributed by atoms with van der Waals surface area (Å²) in [6.07, 6.45) is 3.01. The molecule has 0 fully saturated rings. The average molecular weight is 354 g/mol. The first kappa shape index (κ1) is 18.7. The Bertz CT molecular complexity index is 811. The minimum Gasteiger partial charge on any atom is -0.484 e. The molecule has 0 radical (unpaired) electrons. The van der Waals surface area contributed by atoms with Gasteiger partial charge >= 0.3 is 5.97 Å². The molecule has 0 aliphatic carbocycles. The highest BCUT2D eigenvalue weighted by molar-refractivity contribution is 6.02. The Kier molecular flexibility index (Phi) is 6.50. The van der Waals surface area contributed by atoms with Crippen molar-refractivity contribution in [1.29, 1.82) is 0 Å². The Morgan fingerprint density at radius 2 is 1.69 bits per heavy atom. The molecule has 2 amide bonds. The summed E-state index contributed by atoms with van der Waals surface area (Å²) in [5, 5.41) is 2.70. The molecule has 2 aromatic rings. The van der Waals surface area contributed by atoms with E-state index in [0.29, 0.717) is 17.0 Å². The van der Waals surface area contributed by atoms with Crippen molar-refractivity contribution in [1.82, 2.24) is 0 Å². The maximum atomic E-state index is 11.9. The van der Waals surface area contributed by atoms with Crippen LogP contribution in [-0.4, -0.2) is 31.5 Å². The van der Waals surface area contributed by atoms with E-state index < -0.39 is 11.9 Å². The molecule has 0 aromatic heterocycles. The molecule has 26 heavy (non-hydrogen) atoms. The summed E-state index contributed by atoms with van der Waals surface area (Å²) in [7, 11) is 1.32. The van der Waals surface area contributed by atoms with Crippen molar-refractivity contribution in [3.8, 4) is 5.75 Å². The summed E-state index contributed by atoms with van der Waals surface area (Å²) < 4.78 is 9.76. The fourth-order valence-corrected chi connectivity index (χ4v) is 1.99. The van der Waals surface area contributed by atoms with Gasteiger partial charge in [0.05, 0.1) is 12.7 Å². The van der Waals surface area contributed by atoms with Crippen LogP contribution in [0.3, 0.4) is 0 Å². The lowest BCUT2D eigenvalue weighted by Crippen LogP contribution is -2.20. The predicted molar refractivity (Wildman–Crippen MR) is 96.6 cm³/mol. The van der Waals surface area contributed by atoms with Gasteiger partial charge in [0.2, 0.25) is 5.91 Å².